The summed E-state index contributed by atoms with van der Waals surface area (Å²) in [5.41, 5.74) is 2.68. The van der Waals surface area contributed by atoms with E-state index in [-0.39, 0.29) is 29.8 Å². The lowest BCUT2D eigenvalue weighted by molar-refractivity contribution is -0.118. The Bertz CT molecular complexity index is 1330. The molecule has 0 spiro atoms. The highest BCUT2D eigenvalue weighted by atomic mass is 19.1. The molecule has 0 unspecified atom stereocenters. The Morgan fingerprint density at radius 2 is 2.03 bits per heavy atom. The van der Waals surface area contributed by atoms with E-state index in [4.69, 9.17) is 4.74 Å². The maximum atomic E-state index is 14.7. The number of hydrogen-bond donors (Lipinski definition) is 2. The van der Waals surface area contributed by atoms with Crippen molar-refractivity contribution >= 4 is 22.8 Å². The summed E-state index contributed by atoms with van der Waals surface area (Å²) in [6.45, 7) is 3.64. The second-order valence-electron chi connectivity index (χ2n) is 9.17. The predicted molar refractivity (Wildman–Crippen MR) is 123 cm³/mol. The smallest absolute Gasteiger partial charge is 0.263 e. The number of fused-ring (bicyclic) bond motifs is 1. The zero-order chi connectivity index (χ0) is 23.2. The normalized spacial score (nSPS) is 20.3. The SMILES string of the molecule is O=C1COc2ccc(CNC3CCN(C[C@@H]4Cn5c(=O)ccc6ncc(F)c4c65)CC3)nc2N1. The van der Waals surface area contributed by atoms with Crippen molar-refractivity contribution in [3.05, 3.63) is 57.9 Å². The molecule has 0 bridgehead atoms. The average Bonchev–Trinajstić information content (AvgIpc) is 3.23. The molecule has 1 fully saturated rings. The molecule has 2 N–H and O–H groups in total. The third kappa shape index (κ3) is 3.82. The molecule has 9 nitrogen and oxygen atoms in total. The first-order valence-electron chi connectivity index (χ1n) is 11.6. The van der Waals surface area contributed by atoms with Crippen molar-refractivity contribution in [1.82, 2.24) is 24.8 Å². The summed E-state index contributed by atoms with van der Waals surface area (Å²) >= 11 is 0. The number of carbonyl (C=O) groups excluding carboxylic acids is 1. The summed E-state index contributed by atoms with van der Waals surface area (Å²) in [6.07, 6.45) is 3.21. The molecule has 0 saturated carbocycles. The van der Waals surface area contributed by atoms with Crippen molar-refractivity contribution in [2.45, 2.75) is 37.9 Å². The van der Waals surface area contributed by atoms with Gasteiger partial charge in [0.15, 0.2) is 18.2 Å². The highest BCUT2D eigenvalue weighted by Gasteiger charge is 2.31. The Morgan fingerprint density at radius 1 is 1.18 bits per heavy atom. The molecule has 3 aromatic rings. The van der Waals surface area contributed by atoms with Gasteiger partial charge in [-0.05, 0) is 44.1 Å². The molecule has 3 aromatic heterocycles. The standard InChI is InChI=1S/C24H25FN6O3/c25-17-10-27-18-2-4-21(33)31-12-14(22(17)23(18)31)11-30-7-5-15(6-8-30)26-9-16-1-3-19-24(28-16)29-20(32)13-34-19/h1-4,10,14-15,26H,5-9,11-13H2,(H,28,29,32)/t14-/m1/s1. The van der Waals surface area contributed by atoms with Crippen LogP contribution < -0.4 is 20.9 Å². The molecule has 1 amide bonds. The number of ether oxygens (including phenoxy) is 1. The van der Waals surface area contributed by atoms with E-state index in [0.29, 0.717) is 47.3 Å². The van der Waals surface area contributed by atoms with E-state index < -0.39 is 0 Å². The molecule has 0 aliphatic carbocycles. The molecule has 0 aromatic carbocycles. The first kappa shape index (κ1) is 21.2. The monoisotopic (exact) mass is 464 g/mol. The van der Waals surface area contributed by atoms with E-state index >= 15 is 0 Å². The molecule has 1 atom stereocenters. The summed E-state index contributed by atoms with van der Waals surface area (Å²) in [4.78, 5) is 34.8. The van der Waals surface area contributed by atoms with Crippen LogP contribution in [0.5, 0.6) is 5.75 Å². The van der Waals surface area contributed by atoms with Crippen LogP contribution >= 0.6 is 0 Å². The Balaban J connectivity index is 1.06. The quantitative estimate of drug-likeness (QED) is 0.592. The van der Waals surface area contributed by atoms with Crippen LogP contribution in [0.2, 0.25) is 0 Å². The Kier molecular flexibility index (Phi) is 5.26. The van der Waals surface area contributed by atoms with Crippen molar-refractivity contribution in [2.75, 3.05) is 31.6 Å². The van der Waals surface area contributed by atoms with Crippen molar-refractivity contribution in [2.24, 2.45) is 0 Å². The molecule has 0 radical (unpaired) electrons. The average molecular weight is 465 g/mol. The van der Waals surface area contributed by atoms with Crippen molar-refractivity contribution in [3.8, 4) is 5.75 Å². The number of carbonyl (C=O) groups is 1. The minimum Gasteiger partial charge on any atom is -0.480 e. The Hall–Kier alpha value is -3.37. The van der Waals surface area contributed by atoms with Gasteiger partial charge in [0, 0.05) is 43.2 Å². The van der Waals surface area contributed by atoms with Gasteiger partial charge < -0.3 is 24.8 Å². The minimum atomic E-state index is -0.329. The molecule has 34 heavy (non-hydrogen) atoms. The lowest BCUT2D eigenvalue weighted by Gasteiger charge is -2.34. The lowest BCUT2D eigenvalue weighted by atomic mass is 9.98. The molecule has 176 valence electrons. The zero-order valence-corrected chi connectivity index (χ0v) is 18.6. The van der Waals surface area contributed by atoms with Crippen molar-refractivity contribution < 1.29 is 13.9 Å². The van der Waals surface area contributed by atoms with Crippen LogP contribution in [-0.4, -0.2) is 57.6 Å². The second-order valence-corrected chi connectivity index (χ2v) is 9.17. The molecule has 3 aliphatic rings. The number of anilines is 1. The van der Waals surface area contributed by atoms with E-state index in [9.17, 15) is 14.0 Å². The van der Waals surface area contributed by atoms with E-state index in [1.54, 1.807) is 10.6 Å². The zero-order valence-electron chi connectivity index (χ0n) is 18.6. The third-order valence-electron chi connectivity index (χ3n) is 6.97. The number of halogens is 1. The first-order chi connectivity index (χ1) is 16.5. The van der Waals surface area contributed by atoms with Crippen molar-refractivity contribution in [1.29, 1.82) is 0 Å². The van der Waals surface area contributed by atoms with Gasteiger partial charge in [-0.1, -0.05) is 0 Å². The van der Waals surface area contributed by atoms with E-state index in [1.165, 1.54) is 12.3 Å². The van der Waals surface area contributed by atoms with Gasteiger partial charge in [0.2, 0.25) is 0 Å². The fraction of sp³-hybridized carbons (Fsp3) is 0.417. The van der Waals surface area contributed by atoms with Crippen molar-refractivity contribution in [3.63, 3.8) is 0 Å². The third-order valence-corrected chi connectivity index (χ3v) is 6.97. The number of pyridine rings is 3. The van der Waals surface area contributed by atoms with Crippen LogP contribution in [0, 0.1) is 5.82 Å². The van der Waals surface area contributed by atoms with Gasteiger partial charge in [-0.25, -0.2) is 9.37 Å². The maximum Gasteiger partial charge on any atom is 0.263 e. The van der Waals surface area contributed by atoms with E-state index in [2.05, 4.69) is 25.5 Å². The van der Waals surface area contributed by atoms with Gasteiger partial charge in [0.05, 0.1) is 22.9 Å². The topological polar surface area (TPSA) is 101 Å². The number of nitrogens with zero attached hydrogens (tertiary/aromatic N) is 4. The number of piperidine rings is 1. The van der Waals surface area contributed by atoms with Gasteiger partial charge in [-0.15, -0.1) is 0 Å². The van der Waals surface area contributed by atoms with Crippen LogP contribution in [0.3, 0.4) is 0 Å². The second kappa shape index (κ2) is 8.44. The molecule has 6 rings (SSSR count). The van der Waals surface area contributed by atoms with Crippen LogP contribution in [-0.2, 0) is 17.9 Å². The Morgan fingerprint density at radius 3 is 2.88 bits per heavy atom. The largest absolute Gasteiger partial charge is 0.480 e. The van der Waals surface area contributed by atoms with Gasteiger partial charge in [0.1, 0.15) is 5.82 Å². The first-order valence-corrected chi connectivity index (χ1v) is 11.6. The summed E-state index contributed by atoms with van der Waals surface area (Å²) in [7, 11) is 0. The number of aromatic nitrogens is 3. The number of likely N-dealkylation sites (tertiary alicyclic amines) is 1. The van der Waals surface area contributed by atoms with Crippen LogP contribution in [0.25, 0.3) is 11.0 Å². The number of amides is 1. The van der Waals surface area contributed by atoms with Crippen LogP contribution in [0.15, 0.2) is 35.3 Å². The lowest BCUT2D eigenvalue weighted by Crippen LogP contribution is -2.43. The molecule has 1 saturated heterocycles. The maximum absolute atomic E-state index is 14.7. The van der Waals surface area contributed by atoms with Gasteiger partial charge in [0.25, 0.3) is 11.5 Å². The minimum absolute atomic E-state index is 0.0210. The molecular weight excluding hydrogens is 439 g/mol. The highest BCUT2D eigenvalue weighted by molar-refractivity contribution is 5.94. The van der Waals surface area contributed by atoms with Crippen LogP contribution in [0.4, 0.5) is 10.2 Å². The van der Waals surface area contributed by atoms with Crippen LogP contribution in [0.1, 0.15) is 30.0 Å². The van der Waals surface area contributed by atoms with E-state index in [1.807, 2.05) is 12.1 Å². The summed E-state index contributed by atoms with van der Waals surface area (Å²) in [5.74, 6) is 0.489. The fourth-order valence-electron chi connectivity index (χ4n) is 5.28. The summed E-state index contributed by atoms with van der Waals surface area (Å²) in [6, 6.07) is 7.28. The summed E-state index contributed by atoms with van der Waals surface area (Å²) < 4.78 is 21.7. The fourth-order valence-corrected chi connectivity index (χ4v) is 5.28. The highest BCUT2D eigenvalue weighted by Crippen LogP contribution is 2.34. The molecule has 6 heterocycles. The Labute approximate surface area is 194 Å². The van der Waals surface area contributed by atoms with Gasteiger partial charge in [-0.2, -0.15) is 0 Å². The molecule has 3 aliphatic heterocycles. The van der Waals surface area contributed by atoms with Gasteiger partial charge in [-0.3, -0.25) is 14.6 Å². The predicted octanol–water partition coefficient (Wildman–Crippen LogP) is 1.61. The van der Waals surface area contributed by atoms with Gasteiger partial charge >= 0.3 is 0 Å². The number of nitrogens with one attached hydrogen (secondary N) is 2. The molecule has 10 heteroatoms. The van der Waals surface area contributed by atoms with E-state index in [0.717, 1.165) is 38.2 Å². The summed E-state index contributed by atoms with van der Waals surface area (Å²) in [5, 5.41) is 6.30. The number of rotatable bonds is 5. The molecular formula is C24H25FN6O3. The number of hydrogen-bond acceptors (Lipinski definition) is 7.